The van der Waals surface area contributed by atoms with Gasteiger partial charge in [0.25, 0.3) is 0 Å². The molecule has 0 saturated heterocycles. The summed E-state index contributed by atoms with van der Waals surface area (Å²) in [4.78, 5) is 27.8. The van der Waals surface area contributed by atoms with Gasteiger partial charge in [0.05, 0.1) is 11.1 Å². The summed E-state index contributed by atoms with van der Waals surface area (Å²) in [5, 5.41) is 12.8. The number of carbonyl (C=O) groups is 2. The molecule has 0 spiro atoms. The first-order valence-electron chi connectivity index (χ1n) is 15.1. The summed E-state index contributed by atoms with van der Waals surface area (Å²) in [5.74, 6) is -0.0567. The van der Waals surface area contributed by atoms with E-state index in [4.69, 9.17) is 0 Å². The van der Waals surface area contributed by atoms with Crippen molar-refractivity contribution in [2.24, 2.45) is 27.6 Å². The van der Waals surface area contributed by atoms with Gasteiger partial charge in [0.1, 0.15) is 0 Å². The molecule has 3 rings (SSSR count). The highest BCUT2D eigenvalue weighted by Crippen LogP contribution is 2.50. The Kier molecular flexibility index (Phi) is 8.00. The van der Waals surface area contributed by atoms with Crippen molar-refractivity contribution in [3.8, 4) is 0 Å². The standard InChI is InChI=1S/C37H55NO3/c1-32(2,3)24-17-22(18-25(30(24)39)33(4,5)6)29(28-21-36(13,14)38(41)37(28,15)16)23-19-26(34(7,8)9)31(40)27(20-23)35(10,11)12/h17-21,24,41H,1-16H3. The molecule has 0 aromatic carbocycles. The molecule has 2 aliphatic carbocycles. The predicted octanol–water partition coefficient (Wildman–Crippen LogP) is 9.14. The maximum atomic E-state index is 13.9. The highest BCUT2D eigenvalue weighted by Gasteiger charge is 2.48. The molecule has 1 atom stereocenters. The van der Waals surface area contributed by atoms with E-state index in [2.05, 4.69) is 113 Å². The van der Waals surface area contributed by atoms with Crippen LogP contribution < -0.4 is 0 Å². The Morgan fingerprint density at radius 1 is 0.732 bits per heavy atom. The largest absolute Gasteiger partial charge is 0.312 e. The van der Waals surface area contributed by atoms with Gasteiger partial charge in [0.15, 0.2) is 11.6 Å². The summed E-state index contributed by atoms with van der Waals surface area (Å²) < 4.78 is 0. The van der Waals surface area contributed by atoms with Crippen LogP contribution in [-0.2, 0) is 9.59 Å². The molecule has 1 unspecified atom stereocenters. The third kappa shape index (κ3) is 6.11. The fourth-order valence-corrected chi connectivity index (χ4v) is 6.25. The van der Waals surface area contributed by atoms with Gasteiger partial charge in [-0.3, -0.25) is 9.59 Å². The number of carbonyl (C=O) groups excluding carboxylic acids is 2. The van der Waals surface area contributed by atoms with Crippen molar-refractivity contribution in [3.63, 3.8) is 0 Å². The molecule has 4 heteroatoms. The third-order valence-electron chi connectivity index (χ3n) is 8.72. The van der Waals surface area contributed by atoms with Gasteiger partial charge in [-0.2, -0.15) is 5.06 Å². The Bertz CT molecular complexity index is 1300. The molecule has 0 fully saturated rings. The lowest BCUT2D eigenvalue weighted by atomic mass is 9.66. The average Bonchev–Trinajstić information content (AvgIpc) is 2.91. The zero-order valence-corrected chi connectivity index (χ0v) is 28.7. The van der Waals surface area contributed by atoms with Gasteiger partial charge in [0, 0.05) is 22.6 Å². The Morgan fingerprint density at radius 3 is 1.51 bits per heavy atom. The Morgan fingerprint density at radius 2 is 1.17 bits per heavy atom. The first-order chi connectivity index (χ1) is 18.1. The van der Waals surface area contributed by atoms with Crippen LogP contribution in [0.1, 0.15) is 111 Å². The zero-order valence-electron chi connectivity index (χ0n) is 28.7. The maximum absolute atomic E-state index is 13.9. The summed E-state index contributed by atoms with van der Waals surface area (Å²) in [6, 6.07) is 0. The van der Waals surface area contributed by atoms with Crippen LogP contribution in [0.4, 0.5) is 0 Å². The Hall–Kier alpha value is -2.30. The zero-order chi connectivity index (χ0) is 31.9. The van der Waals surface area contributed by atoms with Crippen molar-refractivity contribution >= 4 is 11.6 Å². The van der Waals surface area contributed by atoms with E-state index in [9.17, 15) is 14.8 Å². The molecule has 0 saturated carbocycles. The Labute approximate surface area is 250 Å². The first-order valence-corrected chi connectivity index (χ1v) is 15.1. The summed E-state index contributed by atoms with van der Waals surface area (Å²) >= 11 is 0. The van der Waals surface area contributed by atoms with E-state index in [1.165, 1.54) is 5.06 Å². The molecule has 1 N–H and O–H groups in total. The van der Waals surface area contributed by atoms with Crippen LogP contribution in [-0.4, -0.2) is 32.9 Å². The van der Waals surface area contributed by atoms with Crippen LogP contribution in [0.15, 0.2) is 69.4 Å². The molecule has 226 valence electrons. The van der Waals surface area contributed by atoms with E-state index in [-0.39, 0.29) is 39.1 Å². The molecular formula is C37H55NO3. The van der Waals surface area contributed by atoms with Crippen LogP contribution in [0.2, 0.25) is 0 Å². The maximum Gasteiger partial charge on any atom is 0.186 e. The van der Waals surface area contributed by atoms with Crippen LogP contribution in [0.25, 0.3) is 0 Å². The van der Waals surface area contributed by atoms with Gasteiger partial charge in [-0.25, -0.2) is 0 Å². The Balaban J connectivity index is 2.60. The average molecular weight is 562 g/mol. The van der Waals surface area contributed by atoms with E-state index in [1.54, 1.807) is 0 Å². The van der Waals surface area contributed by atoms with Crippen molar-refractivity contribution in [2.45, 2.75) is 122 Å². The molecule has 1 heterocycles. The number of rotatable bonds is 2. The minimum atomic E-state index is -0.714. The van der Waals surface area contributed by atoms with Crippen LogP contribution in [0, 0.1) is 27.6 Å². The fraction of sp³-hybridized carbons (Fsp3) is 0.622. The molecule has 4 nitrogen and oxygen atoms in total. The number of hydrogen-bond donors (Lipinski definition) is 1. The molecule has 3 aliphatic rings. The number of hydroxylamine groups is 2. The van der Waals surface area contributed by atoms with Gasteiger partial charge >= 0.3 is 0 Å². The first kappa shape index (κ1) is 33.2. The monoisotopic (exact) mass is 561 g/mol. The van der Waals surface area contributed by atoms with Crippen LogP contribution >= 0.6 is 0 Å². The molecule has 0 aromatic rings. The van der Waals surface area contributed by atoms with Crippen LogP contribution in [0.3, 0.4) is 0 Å². The minimum absolute atomic E-state index is 0.0863. The summed E-state index contributed by atoms with van der Waals surface area (Å²) in [6.07, 6.45) is 10.5. The second kappa shape index (κ2) is 9.88. The van der Waals surface area contributed by atoms with E-state index >= 15 is 0 Å². The number of Topliss-reactive ketones (excluding diaryl/α,β-unsaturated/α-hetero) is 2. The van der Waals surface area contributed by atoms with E-state index in [0.717, 1.165) is 39.0 Å². The number of hydrogen-bond acceptors (Lipinski definition) is 4. The lowest BCUT2D eigenvalue weighted by molar-refractivity contribution is -0.184. The molecular weight excluding hydrogens is 506 g/mol. The molecule has 0 amide bonds. The van der Waals surface area contributed by atoms with Crippen molar-refractivity contribution in [1.82, 2.24) is 5.06 Å². The van der Waals surface area contributed by atoms with E-state index in [0.29, 0.717) is 0 Å². The highest BCUT2D eigenvalue weighted by atomic mass is 16.5. The molecule has 0 radical (unpaired) electrons. The fourth-order valence-electron chi connectivity index (χ4n) is 6.25. The number of nitrogens with zero attached hydrogens (tertiary/aromatic N) is 1. The normalized spacial score (nSPS) is 24.1. The van der Waals surface area contributed by atoms with Crippen molar-refractivity contribution < 1.29 is 14.8 Å². The molecule has 0 bridgehead atoms. The SMILES string of the molecule is CC(C)(C)C1=CC(=C(C2=CC(C(C)(C)C)C(=O)C(C(C)(C)C)=C2)C2=CC(C)(C)N(O)C2(C)C)C=C(C(C)(C)C)C1=O. The van der Waals surface area contributed by atoms with Gasteiger partial charge in [0.2, 0.25) is 0 Å². The van der Waals surface area contributed by atoms with Gasteiger partial charge in [-0.15, -0.1) is 0 Å². The molecule has 1 aliphatic heterocycles. The van der Waals surface area contributed by atoms with E-state index in [1.807, 2.05) is 27.7 Å². The lowest BCUT2D eigenvalue weighted by Crippen LogP contribution is -2.48. The smallest absolute Gasteiger partial charge is 0.186 e. The number of allylic oxidation sites excluding steroid dienone is 9. The van der Waals surface area contributed by atoms with Crippen molar-refractivity contribution in [1.29, 1.82) is 0 Å². The predicted molar refractivity (Wildman–Crippen MR) is 171 cm³/mol. The number of ketones is 2. The quantitative estimate of drug-likeness (QED) is 0.365. The van der Waals surface area contributed by atoms with Crippen molar-refractivity contribution in [3.05, 3.63) is 69.4 Å². The van der Waals surface area contributed by atoms with Crippen LogP contribution in [0.5, 0.6) is 0 Å². The van der Waals surface area contributed by atoms with Gasteiger partial charge < -0.3 is 5.21 Å². The summed E-state index contributed by atoms with van der Waals surface area (Å²) in [5.41, 5.74) is 3.54. The molecule has 41 heavy (non-hydrogen) atoms. The lowest BCUT2D eigenvalue weighted by Gasteiger charge is -2.39. The van der Waals surface area contributed by atoms with Gasteiger partial charge in [-0.05, 0) is 89.9 Å². The van der Waals surface area contributed by atoms with Gasteiger partial charge in [-0.1, -0.05) is 95.2 Å². The second-order valence-electron chi connectivity index (χ2n) is 17.5. The second-order valence-corrected chi connectivity index (χ2v) is 17.5. The topological polar surface area (TPSA) is 57.6 Å². The highest BCUT2D eigenvalue weighted by molar-refractivity contribution is 6.12. The molecule has 0 aromatic heterocycles. The van der Waals surface area contributed by atoms with Crippen molar-refractivity contribution in [2.75, 3.05) is 0 Å². The third-order valence-corrected chi connectivity index (χ3v) is 8.72. The minimum Gasteiger partial charge on any atom is -0.312 e. The summed E-state index contributed by atoms with van der Waals surface area (Å²) in [6.45, 7) is 33.2. The summed E-state index contributed by atoms with van der Waals surface area (Å²) in [7, 11) is 0. The van der Waals surface area contributed by atoms with E-state index < -0.39 is 11.1 Å².